The summed E-state index contributed by atoms with van der Waals surface area (Å²) >= 11 is 1.40. The summed E-state index contributed by atoms with van der Waals surface area (Å²) in [6, 6.07) is 11.0. The molecule has 0 saturated heterocycles. The fourth-order valence-corrected chi connectivity index (χ4v) is 2.93. The van der Waals surface area contributed by atoms with Crippen molar-refractivity contribution in [1.82, 2.24) is 0 Å². The second-order valence-electron chi connectivity index (χ2n) is 5.33. The van der Waals surface area contributed by atoms with E-state index >= 15 is 0 Å². The Morgan fingerprint density at radius 3 is 2.48 bits per heavy atom. The van der Waals surface area contributed by atoms with E-state index in [0.29, 0.717) is 22.9 Å². The van der Waals surface area contributed by atoms with Crippen LogP contribution in [0.1, 0.15) is 6.42 Å². The highest BCUT2D eigenvalue weighted by molar-refractivity contribution is 7.99. The summed E-state index contributed by atoms with van der Waals surface area (Å²) < 4.78 is 28.1. The maximum Gasteiger partial charge on any atom is 0.307 e. The minimum Gasteiger partial charge on any atom is -0.497 e. The molecule has 0 atom stereocenters. The molecule has 27 heavy (non-hydrogen) atoms. The summed E-state index contributed by atoms with van der Waals surface area (Å²) in [6.45, 7) is -0.402. The van der Waals surface area contributed by atoms with E-state index in [1.54, 1.807) is 30.3 Å². The monoisotopic (exact) mass is 393 g/mol. The molecule has 0 aliphatic heterocycles. The van der Waals surface area contributed by atoms with E-state index in [1.807, 2.05) is 0 Å². The highest BCUT2D eigenvalue weighted by Gasteiger charge is 2.12. The number of anilines is 1. The maximum atomic E-state index is 12.8. The molecule has 0 spiro atoms. The van der Waals surface area contributed by atoms with Crippen molar-refractivity contribution < 1.29 is 28.2 Å². The number of nitrogens with one attached hydrogen (secondary N) is 1. The van der Waals surface area contributed by atoms with E-state index in [-0.39, 0.29) is 12.2 Å². The van der Waals surface area contributed by atoms with E-state index in [0.717, 1.165) is 4.90 Å². The fraction of sp³-hybridized carbons (Fsp3) is 0.263. The molecule has 1 N–H and O–H groups in total. The lowest BCUT2D eigenvalue weighted by Gasteiger charge is -2.12. The summed E-state index contributed by atoms with van der Waals surface area (Å²) in [5, 5.41) is 2.62. The van der Waals surface area contributed by atoms with Crippen molar-refractivity contribution in [2.45, 2.75) is 11.3 Å². The van der Waals surface area contributed by atoms with E-state index in [2.05, 4.69) is 5.32 Å². The fourth-order valence-electron chi connectivity index (χ4n) is 2.10. The third kappa shape index (κ3) is 6.82. The molecular formula is C19H20FNO5S. The second kappa shape index (κ2) is 10.4. The Morgan fingerprint density at radius 1 is 1.07 bits per heavy atom. The smallest absolute Gasteiger partial charge is 0.307 e. The number of halogens is 1. The molecule has 0 bridgehead atoms. The quantitative estimate of drug-likeness (QED) is 0.519. The van der Waals surface area contributed by atoms with Gasteiger partial charge >= 0.3 is 5.97 Å². The van der Waals surface area contributed by atoms with Crippen LogP contribution in [0.4, 0.5) is 10.1 Å². The first-order valence-corrected chi connectivity index (χ1v) is 9.06. The zero-order valence-electron chi connectivity index (χ0n) is 15.0. The molecule has 2 aromatic carbocycles. The van der Waals surface area contributed by atoms with Gasteiger partial charge in [0, 0.05) is 16.7 Å². The highest BCUT2D eigenvalue weighted by atomic mass is 32.2. The average Bonchev–Trinajstić information content (AvgIpc) is 2.68. The van der Waals surface area contributed by atoms with Crippen molar-refractivity contribution in [2.24, 2.45) is 0 Å². The lowest BCUT2D eigenvalue weighted by Crippen LogP contribution is -2.21. The van der Waals surface area contributed by atoms with Gasteiger partial charge in [-0.25, -0.2) is 4.39 Å². The van der Waals surface area contributed by atoms with Crippen LogP contribution >= 0.6 is 11.8 Å². The number of benzene rings is 2. The minimum absolute atomic E-state index is 0.137. The first kappa shape index (κ1) is 20.6. The van der Waals surface area contributed by atoms with Gasteiger partial charge in [-0.1, -0.05) is 0 Å². The summed E-state index contributed by atoms with van der Waals surface area (Å²) in [7, 11) is 3.00. The number of thioether (sulfide) groups is 1. The highest BCUT2D eigenvalue weighted by Crippen LogP contribution is 2.28. The van der Waals surface area contributed by atoms with Gasteiger partial charge in [0.2, 0.25) is 0 Å². The third-order valence-electron chi connectivity index (χ3n) is 3.43. The minimum atomic E-state index is -0.489. The van der Waals surface area contributed by atoms with Crippen LogP contribution < -0.4 is 14.8 Å². The predicted molar refractivity (Wildman–Crippen MR) is 101 cm³/mol. The Balaban J connectivity index is 1.74. The molecule has 0 radical (unpaired) electrons. The summed E-state index contributed by atoms with van der Waals surface area (Å²) in [5.41, 5.74) is 0.421. The number of rotatable bonds is 9. The Bertz CT molecular complexity index is 782. The van der Waals surface area contributed by atoms with Crippen LogP contribution in [0.15, 0.2) is 47.4 Å². The van der Waals surface area contributed by atoms with E-state index < -0.39 is 18.5 Å². The Labute approximate surface area is 161 Å². The van der Waals surface area contributed by atoms with Crippen LogP contribution in [-0.2, 0) is 14.3 Å². The molecule has 0 aromatic heterocycles. The second-order valence-corrected chi connectivity index (χ2v) is 6.50. The molecule has 0 unspecified atom stereocenters. The number of carbonyl (C=O) groups is 2. The summed E-state index contributed by atoms with van der Waals surface area (Å²) in [5.74, 6) is 0.207. The standard InChI is InChI=1S/C19H20FNO5S/c1-24-14-5-8-17(25-2)16(11-14)21-18(22)12-26-19(23)9-10-27-15-6-3-13(20)4-7-15/h3-8,11H,9-10,12H2,1-2H3,(H,21,22). The number of hydrogen-bond donors (Lipinski definition) is 1. The number of methoxy groups -OCH3 is 2. The van der Waals surface area contributed by atoms with Crippen molar-refractivity contribution in [3.8, 4) is 11.5 Å². The van der Waals surface area contributed by atoms with Crippen molar-refractivity contribution >= 4 is 29.3 Å². The van der Waals surface area contributed by atoms with Crippen LogP contribution in [0, 0.1) is 5.82 Å². The average molecular weight is 393 g/mol. The van der Waals surface area contributed by atoms with Crippen molar-refractivity contribution in [3.63, 3.8) is 0 Å². The molecule has 0 aliphatic carbocycles. The molecule has 6 nitrogen and oxygen atoms in total. The Kier molecular flexibility index (Phi) is 7.94. The first-order chi connectivity index (χ1) is 13.0. The first-order valence-electron chi connectivity index (χ1n) is 8.07. The Hall–Kier alpha value is -2.74. The van der Waals surface area contributed by atoms with E-state index in [1.165, 1.54) is 38.1 Å². The van der Waals surface area contributed by atoms with E-state index in [4.69, 9.17) is 14.2 Å². The molecular weight excluding hydrogens is 373 g/mol. The van der Waals surface area contributed by atoms with Gasteiger partial charge in [-0.3, -0.25) is 9.59 Å². The predicted octanol–water partition coefficient (Wildman–Crippen LogP) is 3.51. The zero-order chi connectivity index (χ0) is 19.6. The summed E-state index contributed by atoms with van der Waals surface area (Å²) in [4.78, 5) is 24.6. The van der Waals surface area contributed by atoms with Crippen LogP contribution in [0.5, 0.6) is 11.5 Å². The van der Waals surface area contributed by atoms with Crippen molar-refractivity contribution in [2.75, 3.05) is 31.9 Å². The third-order valence-corrected chi connectivity index (χ3v) is 4.45. The number of esters is 1. The molecule has 8 heteroatoms. The number of ether oxygens (including phenoxy) is 3. The summed E-state index contributed by atoms with van der Waals surface area (Å²) in [6.07, 6.45) is 0.137. The van der Waals surface area contributed by atoms with Gasteiger partial charge in [-0.2, -0.15) is 0 Å². The van der Waals surface area contributed by atoms with Gasteiger partial charge in [0.25, 0.3) is 5.91 Å². The van der Waals surface area contributed by atoms with Gasteiger partial charge in [0.1, 0.15) is 17.3 Å². The number of amides is 1. The zero-order valence-corrected chi connectivity index (χ0v) is 15.8. The lowest BCUT2D eigenvalue weighted by molar-refractivity contribution is -0.146. The SMILES string of the molecule is COc1ccc(OC)c(NC(=O)COC(=O)CCSc2ccc(F)cc2)c1. The van der Waals surface area contributed by atoms with Crippen LogP contribution in [0.25, 0.3) is 0 Å². The Morgan fingerprint density at radius 2 is 1.81 bits per heavy atom. The van der Waals surface area contributed by atoms with E-state index in [9.17, 15) is 14.0 Å². The van der Waals surface area contributed by atoms with Crippen molar-refractivity contribution in [3.05, 3.63) is 48.3 Å². The molecule has 144 valence electrons. The van der Waals surface area contributed by atoms with Gasteiger partial charge < -0.3 is 19.5 Å². The lowest BCUT2D eigenvalue weighted by atomic mass is 10.2. The molecule has 0 heterocycles. The molecule has 2 rings (SSSR count). The largest absolute Gasteiger partial charge is 0.497 e. The molecule has 2 aromatic rings. The van der Waals surface area contributed by atoms with Gasteiger partial charge in [0.05, 0.1) is 26.3 Å². The van der Waals surface area contributed by atoms with Crippen LogP contribution in [0.3, 0.4) is 0 Å². The molecule has 1 amide bonds. The van der Waals surface area contributed by atoms with Gasteiger partial charge in [-0.15, -0.1) is 11.8 Å². The van der Waals surface area contributed by atoms with Crippen LogP contribution in [0.2, 0.25) is 0 Å². The number of carbonyl (C=O) groups excluding carboxylic acids is 2. The number of hydrogen-bond acceptors (Lipinski definition) is 6. The van der Waals surface area contributed by atoms with Crippen molar-refractivity contribution in [1.29, 1.82) is 0 Å². The topological polar surface area (TPSA) is 73.9 Å². The van der Waals surface area contributed by atoms with Crippen LogP contribution in [-0.4, -0.2) is 38.5 Å². The molecule has 0 aliphatic rings. The normalized spacial score (nSPS) is 10.2. The van der Waals surface area contributed by atoms with Gasteiger partial charge in [-0.05, 0) is 36.4 Å². The molecule has 0 fully saturated rings. The van der Waals surface area contributed by atoms with Gasteiger partial charge in [0.15, 0.2) is 6.61 Å². The maximum absolute atomic E-state index is 12.8. The molecule has 0 saturated carbocycles.